The molecule has 0 aliphatic rings. The number of fused-ring (bicyclic) bond motifs is 1. The molecule has 3 aromatic rings. The van der Waals surface area contributed by atoms with Gasteiger partial charge in [-0.05, 0) is 48.6 Å². The van der Waals surface area contributed by atoms with Crippen molar-refractivity contribution in [1.82, 2.24) is 9.62 Å². The van der Waals surface area contributed by atoms with Gasteiger partial charge in [-0.1, -0.05) is 36.4 Å². The summed E-state index contributed by atoms with van der Waals surface area (Å²) in [5, 5.41) is 3.30. The fraction of sp³-hybridized carbons (Fsp3) is 0.222. The van der Waals surface area contributed by atoms with Crippen molar-refractivity contribution < 1.29 is 8.42 Å². The van der Waals surface area contributed by atoms with Crippen molar-refractivity contribution in [2.45, 2.75) is 10.9 Å². The molecule has 0 aliphatic heterocycles. The topological polar surface area (TPSA) is 49.4 Å². The maximum atomic E-state index is 12.5. The van der Waals surface area contributed by atoms with Crippen LogP contribution in [-0.4, -0.2) is 34.0 Å². The van der Waals surface area contributed by atoms with Crippen molar-refractivity contribution in [1.29, 1.82) is 0 Å². The van der Waals surface area contributed by atoms with E-state index in [9.17, 15) is 8.42 Å². The van der Waals surface area contributed by atoms with Crippen LogP contribution in [0.5, 0.6) is 0 Å². The highest BCUT2D eigenvalue weighted by Crippen LogP contribution is 2.32. The average Bonchev–Trinajstić information content (AvgIpc) is 3.00. The zero-order valence-electron chi connectivity index (χ0n) is 13.6. The number of likely N-dealkylation sites (N-methyl/N-ethyl adjacent to an activating group) is 1. The van der Waals surface area contributed by atoms with E-state index in [2.05, 4.69) is 22.2 Å². The standard InChI is InChI=1S/C18H20N2O2S2/c1-20(2)17(16-13-23-18-11-7-6-10-15(16)18)12-19-24(21,22)14-8-4-3-5-9-14/h3-11,13,17,19H,12H2,1-2H3/t17-/m0/s1. The number of nitrogens with one attached hydrogen (secondary N) is 1. The molecule has 1 aromatic heterocycles. The predicted molar refractivity (Wildman–Crippen MR) is 99.9 cm³/mol. The van der Waals surface area contributed by atoms with Crippen molar-refractivity contribution in [3.8, 4) is 0 Å². The van der Waals surface area contributed by atoms with Gasteiger partial charge in [-0.25, -0.2) is 13.1 Å². The van der Waals surface area contributed by atoms with Gasteiger partial charge in [0.15, 0.2) is 0 Å². The molecule has 24 heavy (non-hydrogen) atoms. The van der Waals surface area contributed by atoms with Gasteiger partial charge in [-0.3, -0.25) is 0 Å². The SMILES string of the molecule is CN(C)[C@@H](CNS(=O)(=O)c1ccccc1)c1csc2ccccc12. The number of sulfonamides is 1. The minimum atomic E-state index is -3.51. The van der Waals surface area contributed by atoms with Crippen LogP contribution in [0.15, 0.2) is 64.9 Å². The molecule has 2 aromatic carbocycles. The van der Waals surface area contributed by atoms with E-state index >= 15 is 0 Å². The fourth-order valence-electron chi connectivity index (χ4n) is 2.70. The van der Waals surface area contributed by atoms with Gasteiger partial charge >= 0.3 is 0 Å². The van der Waals surface area contributed by atoms with Gasteiger partial charge in [-0.2, -0.15) is 0 Å². The lowest BCUT2D eigenvalue weighted by atomic mass is 10.1. The zero-order chi connectivity index (χ0) is 17.2. The lowest BCUT2D eigenvalue weighted by Gasteiger charge is -2.24. The van der Waals surface area contributed by atoms with Gasteiger partial charge in [0.25, 0.3) is 0 Å². The molecule has 0 unspecified atom stereocenters. The lowest BCUT2D eigenvalue weighted by Crippen LogP contribution is -2.34. The van der Waals surface area contributed by atoms with Crippen molar-refractivity contribution in [2.75, 3.05) is 20.6 Å². The summed E-state index contributed by atoms with van der Waals surface area (Å²) in [6.45, 7) is 0.324. The van der Waals surface area contributed by atoms with Crippen LogP contribution in [0.2, 0.25) is 0 Å². The van der Waals surface area contributed by atoms with Gasteiger partial charge in [0.1, 0.15) is 0 Å². The Morgan fingerprint density at radius 2 is 1.71 bits per heavy atom. The van der Waals surface area contributed by atoms with Crippen LogP contribution in [-0.2, 0) is 10.0 Å². The fourth-order valence-corrected chi connectivity index (χ4v) is 4.77. The highest BCUT2D eigenvalue weighted by Gasteiger charge is 2.21. The van der Waals surface area contributed by atoms with E-state index in [0.29, 0.717) is 6.54 Å². The summed E-state index contributed by atoms with van der Waals surface area (Å²) in [6, 6.07) is 16.6. The number of thiophene rings is 1. The molecule has 3 rings (SSSR count). The minimum Gasteiger partial charge on any atom is -0.301 e. The first kappa shape index (κ1) is 17.1. The third-order valence-electron chi connectivity index (χ3n) is 4.01. The Bertz CT molecular complexity index is 918. The Hall–Kier alpha value is -1.73. The number of hydrogen-bond acceptors (Lipinski definition) is 4. The smallest absolute Gasteiger partial charge is 0.240 e. The monoisotopic (exact) mass is 360 g/mol. The molecule has 0 amide bonds. The van der Waals surface area contributed by atoms with Gasteiger partial charge < -0.3 is 4.90 Å². The summed E-state index contributed by atoms with van der Waals surface area (Å²) in [5.41, 5.74) is 1.15. The van der Waals surface area contributed by atoms with Gasteiger partial charge in [0.2, 0.25) is 10.0 Å². The maximum Gasteiger partial charge on any atom is 0.240 e. The van der Waals surface area contributed by atoms with E-state index in [1.807, 2.05) is 31.1 Å². The second-order valence-corrected chi connectivity index (χ2v) is 8.51. The molecule has 126 valence electrons. The van der Waals surface area contributed by atoms with E-state index in [1.54, 1.807) is 41.7 Å². The van der Waals surface area contributed by atoms with E-state index < -0.39 is 10.0 Å². The number of rotatable bonds is 6. The Labute approximate surface area is 146 Å². The molecule has 0 radical (unpaired) electrons. The Balaban J connectivity index is 1.85. The van der Waals surface area contributed by atoms with Gasteiger partial charge in [0.05, 0.1) is 4.90 Å². The van der Waals surface area contributed by atoms with Crippen molar-refractivity contribution in [3.05, 3.63) is 65.5 Å². The van der Waals surface area contributed by atoms with Crippen LogP contribution in [0.25, 0.3) is 10.1 Å². The summed E-state index contributed by atoms with van der Waals surface area (Å²) in [5.74, 6) is 0. The van der Waals surface area contributed by atoms with Crippen LogP contribution in [0, 0.1) is 0 Å². The summed E-state index contributed by atoms with van der Waals surface area (Å²) < 4.78 is 28.9. The van der Waals surface area contributed by atoms with Crippen LogP contribution >= 0.6 is 11.3 Å². The number of benzene rings is 2. The first-order chi connectivity index (χ1) is 11.5. The molecule has 0 bridgehead atoms. The average molecular weight is 361 g/mol. The maximum absolute atomic E-state index is 12.5. The van der Waals surface area contributed by atoms with Crippen LogP contribution < -0.4 is 4.72 Å². The zero-order valence-corrected chi connectivity index (χ0v) is 15.3. The Morgan fingerprint density at radius 3 is 2.42 bits per heavy atom. The first-order valence-corrected chi connectivity index (χ1v) is 10.0. The van der Waals surface area contributed by atoms with Gasteiger partial charge in [-0.15, -0.1) is 11.3 Å². The van der Waals surface area contributed by atoms with Crippen LogP contribution in [0.3, 0.4) is 0 Å². The molecule has 0 fully saturated rings. The molecule has 0 spiro atoms. The summed E-state index contributed by atoms with van der Waals surface area (Å²) >= 11 is 1.69. The quantitative estimate of drug-likeness (QED) is 0.732. The van der Waals surface area contributed by atoms with Crippen LogP contribution in [0.1, 0.15) is 11.6 Å². The third kappa shape index (κ3) is 3.52. The molecule has 4 nitrogen and oxygen atoms in total. The molecule has 1 atom stereocenters. The molecule has 6 heteroatoms. The van der Waals surface area contributed by atoms with Gasteiger partial charge in [0, 0.05) is 17.3 Å². The van der Waals surface area contributed by atoms with Crippen molar-refractivity contribution in [3.63, 3.8) is 0 Å². The molecule has 1 heterocycles. The predicted octanol–water partition coefficient (Wildman–Crippen LogP) is 3.48. The van der Waals surface area contributed by atoms with Crippen molar-refractivity contribution >= 4 is 31.4 Å². The second kappa shape index (κ2) is 7.03. The number of nitrogens with zero attached hydrogens (tertiary/aromatic N) is 1. The number of hydrogen-bond donors (Lipinski definition) is 1. The van der Waals surface area contributed by atoms with Crippen LogP contribution in [0.4, 0.5) is 0 Å². The molecular weight excluding hydrogens is 340 g/mol. The van der Waals surface area contributed by atoms with E-state index in [0.717, 1.165) is 5.56 Å². The molecule has 0 saturated carbocycles. The first-order valence-electron chi connectivity index (χ1n) is 7.66. The minimum absolute atomic E-state index is 0.0281. The molecular formula is C18H20N2O2S2. The Kier molecular flexibility index (Phi) is 5.01. The van der Waals surface area contributed by atoms with E-state index in [-0.39, 0.29) is 10.9 Å². The normalized spacial score (nSPS) is 13.5. The third-order valence-corrected chi connectivity index (χ3v) is 6.43. The largest absolute Gasteiger partial charge is 0.301 e. The molecule has 0 saturated heterocycles. The lowest BCUT2D eigenvalue weighted by molar-refractivity contribution is 0.301. The highest BCUT2D eigenvalue weighted by atomic mass is 32.2. The highest BCUT2D eigenvalue weighted by molar-refractivity contribution is 7.89. The molecule has 0 aliphatic carbocycles. The van der Waals surface area contributed by atoms with E-state index in [1.165, 1.54) is 10.1 Å². The van der Waals surface area contributed by atoms with Crippen molar-refractivity contribution in [2.24, 2.45) is 0 Å². The molecule has 1 N–H and O–H groups in total. The van der Waals surface area contributed by atoms with E-state index in [4.69, 9.17) is 0 Å². The summed E-state index contributed by atoms with van der Waals surface area (Å²) in [4.78, 5) is 2.33. The second-order valence-electron chi connectivity index (χ2n) is 5.83. The summed E-state index contributed by atoms with van der Waals surface area (Å²) in [6.07, 6.45) is 0. The Morgan fingerprint density at radius 1 is 1.04 bits per heavy atom. The summed E-state index contributed by atoms with van der Waals surface area (Å²) in [7, 11) is 0.426.